The molecular formula is C45H78N4O28. The number of aliphatic hydroxyl groups is 14. The highest BCUT2D eigenvalue weighted by molar-refractivity contribution is 5.77. The second-order valence-corrected chi connectivity index (χ2v) is 19.2. The Morgan fingerprint density at radius 2 is 0.909 bits per heavy atom. The lowest BCUT2D eigenvalue weighted by Crippen LogP contribution is -2.70. The highest BCUT2D eigenvalue weighted by Crippen LogP contribution is 2.36. The highest BCUT2D eigenvalue weighted by atomic mass is 16.8. The third-order valence-corrected chi connectivity index (χ3v) is 13.5. The molecule has 25 atom stereocenters. The Labute approximate surface area is 441 Å². The fourth-order valence-electron chi connectivity index (χ4n) is 9.32. The van der Waals surface area contributed by atoms with E-state index in [4.69, 9.17) is 52.5 Å². The van der Waals surface area contributed by atoms with Crippen molar-refractivity contribution in [3.8, 4) is 0 Å². The fraction of sp³-hybridized carbons (Fsp3) is 0.911. The molecule has 10 unspecified atom stereocenters. The Morgan fingerprint density at radius 3 is 1.49 bits per heavy atom. The third-order valence-electron chi connectivity index (χ3n) is 13.5. The molecule has 32 nitrogen and oxygen atoms in total. The molecule has 4 amide bonds. The summed E-state index contributed by atoms with van der Waals surface area (Å²) >= 11 is 0. The second-order valence-electron chi connectivity index (χ2n) is 19.2. The summed E-state index contributed by atoms with van der Waals surface area (Å²) in [5, 5.41) is 160. The van der Waals surface area contributed by atoms with Crippen LogP contribution in [0.3, 0.4) is 0 Å². The summed E-state index contributed by atoms with van der Waals surface area (Å²) in [4.78, 5) is 49.2. The van der Waals surface area contributed by atoms with Gasteiger partial charge in [-0.3, -0.25) is 19.2 Å². The smallest absolute Gasteiger partial charge is 0.220 e. The van der Waals surface area contributed by atoms with Gasteiger partial charge in [0.25, 0.3) is 0 Å². The molecular weight excluding hydrogens is 1040 g/mol. The van der Waals surface area contributed by atoms with Gasteiger partial charge in [-0.15, -0.1) is 0 Å². The molecule has 32 heteroatoms. The lowest BCUT2D eigenvalue weighted by molar-refractivity contribution is -0.389. The van der Waals surface area contributed by atoms with E-state index in [1.807, 2.05) is 0 Å². The molecule has 5 aliphatic heterocycles. The molecule has 0 aromatic carbocycles. The predicted molar refractivity (Wildman–Crippen MR) is 248 cm³/mol. The minimum absolute atomic E-state index is 0.100. The maximum absolute atomic E-state index is 12.8. The van der Waals surface area contributed by atoms with Gasteiger partial charge in [-0.2, -0.15) is 0 Å². The Balaban J connectivity index is 1.31. The van der Waals surface area contributed by atoms with Crippen molar-refractivity contribution < 1.29 is 138 Å². The van der Waals surface area contributed by atoms with Crippen LogP contribution in [0.25, 0.3) is 0 Å². The van der Waals surface area contributed by atoms with Crippen LogP contribution in [0.2, 0.25) is 0 Å². The number of rotatable bonds is 26. The number of carbonyl (C=O) groups is 4. The zero-order valence-corrected chi connectivity index (χ0v) is 42.6. The molecule has 5 saturated heterocycles. The van der Waals surface area contributed by atoms with Crippen LogP contribution in [0.4, 0.5) is 0 Å². The van der Waals surface area contributed by atoms with Crippen LogP contribution in [0.15, 0.2) is 0 Å². The molecule has 0 aromatic heterocycles. The van der Waals surface area contributed by atoms with Gasteiger partial charge >= 0.3 is 0 Å². The number of ether oxygens (including phenoxy) is 10. The molecule has 0 bridgehead atoms. The number of aliphatic hydroxyl groups excluding tert-OH is 14. The summed E-state index contributed by atoms with van der Waals surface area (Å²) in [6.07, 6.45) is -40.1. The van der Waals surface area contributed by atoms with Gasteiger partial charge in [0.05, 0.1) is 45.7 Å². The van der Waals surface area contributed by atoms with Crippen LogP contribution in [-0.2, 0) is 66.5 Å². The Morgan fingerprint density at radius 1 is 0.429 bits per heavy atom. The van der Waals surface area contributed by atoms with E-state index >= 15 is 0 Å². The number of amides is 4. The fourth-order valence-corrected chi connectivity index (χ4v) is 9.32. The zero-order valence-electron chi connectivity index (χ0n) is 42.6. The van der Waals surface area contributed by atoms with Crippen molar-refractivity contribution >= 4 is 23.6 Å². The second kappa shape index (κ2) is 30.7. The van der Waals surface area contributed by atoms with Gasteiger partial charge < -0.3 is 140 Å². The number of nitrogens with one attached hydrogen (secondary N) is 4. The van der Waals surface area contributed by atoms with Gasteiger partial charge in [0.1, 0.15) is 116 Å². The quantitative estimate of drug-likeness (QED) is 0.0358. The van der Waals surface area contributed by atoms with E-state index in [0.717, 1.165) is 13.8 Å². The van der Waals surface area contributed by atoms with E-state index in [-0.39, 0.29) is 57.4 Å². The van der Waals surface area contributed by atoms with Gasteiger partial charge in [-0.05, 0) is 26.2 Å². The average molecular weight is 1120 g/mol. The summed E-state index contributed by atoms with van der Waals surface area (Å²) in [6.45, 7) is -0.319. The first-order valence-corrected chi connectivity index (χ1v) is 25.4. The Hall–Kier alpha value is -3.08. The normalized spacial score (nSPS) is 41.5. The van der Waals surface area contributed by atoms with Gasteiger partial charge in [0.2, 0.25) is 23.6 Å². The molecule has 0 saturated carbocycles. The van der Waals surface area contributed by atoms with Crippen molar-refractivity contribution in [1.29, 1.82) is 0 Å². The molecule has 5 fully saturated rings. The topological polar surface area (TPSA) is 492 Å². The van der Waals surface area contributed by atoms with Crippen molar-refractivity contribution in [3.05, 3.63) is 0 Å². The molecule has 18 N–H and O–H groups in total. The Bertz CT molecular complexity index is 1840. The van der Waals surface area contributed by atoms with Crippen LogP contribution in [0.5, 0.6) is 0 Å². The van der Waals surface area contributed by atoms with Crippen LogP contribution in [0.1, 0.15) is 52.9 Å². The van der Waals surface area contributed by atoms with Crippen LogP contribution in [0, 0.1) is 0 Å². The maximum atomic E-state index is 12.8. The molecule has 5 rings (SSSR count). The van der Waals surface area contributed by atoms with E-state index < -0.39 is 192 Å². The standard InChI is InChI=1S/C45H78N4O28/c1-17-28(59)33(64)35(66)43(69-17)77-40-34(65)29(60)20(13-51)72-45(40)75-38-27(49-19(3)56)42(70-21(14-52)30(38)61)76-39-31(62)22(15-53)71-44(36(39)67)74-37-23(16-54)73-41(26(32(37)63)48-18(2)55)68-12-6-9-46-24(57)7-4-5-8-25(58)47-10-11-50/h17,20-23,26-45,50-54,59-67H,4-16H2,1-3H3,(H,46,57)(H,47,58)(H,48,55)(H,49,56)/t17?,20?,21?,22?,23?,26?,27?,28-,29+,30-,31+,32-,33+,34+,35?,36?,37-,38-,39+,40?,41-,42+,43+,44+,45+/m1/s1. The number of hydrogen-bond acceptors (Lipinski definition) is 28. The molecule has 0 spiro atoms. The third kappa shape index (κ3) is 16.8. The highest BCUT2D eigenvalue weighted by Gasteiger charge is 2.57. The molecule has 5 aliphatic rings. The summed E-state index contributed by atoms with van der Waals surface area (Å²) in [5.74, 6) is -2.04. The van der Waals surface area contributed by atoms with E-state index in [2.05, 4.69) is 21.3 Å². The SMILES string of the molecule is CC(=O)NC1[C@H](OCCCNC(=O)CCCCC(=O)NCCO)OC(CO)[C@@H](O[C@@H]2OC(CO)[C@H](O)[C@H](O[C@@H]3OC(CO)[C@@H](O)[C@H](O[C@@H]4OC(CO)[C@H](O)[C@H](O)C4O[C@@H]4OC(C)[C@@H](O)[C@H](O)C4O)C3NC(C)=O)C2O)[C@@H]1O. The van der Waals surface area contributed by atoms with E-state index in [1.165, 1.54) is 6.92 Å². The molecule has 446 valence electrons. The molecule has 0 aromatic rings. The predicted octanol–water partition coefficient (Wildman–Crippen LogP) is -10.4. The minimum Gasteiger partial charge on any atom is -0.395 e. The zero-order chi connectivity index (χ0) is 56.8. The van der Waals surface area contributed by atoms with Gasteiger partial charge in [-0.1, -0.05) is 0 Å². The average Bonchev–Trinajstić information content (AvgIpc) is 3.39. The van der Waals surface area contributed by atoms with Crippen LogP contribution < -0.4 is 21.3 Å². The molecule has 77 heavy (non-hydrogen) atoms. The lowest BCUT2D eigenvalue weighted by atomic mass is 9.94. The first kappa shape index (κ1) is 64.7. The monoisotopic (exact) mass is 1120 g/mol. The molecule has 5 heterocycles. The largest absolute Gasteiger partial charge is 0.395 e. The Kier molecular flexibility index (Phi) is 25.8. The van der Waals surface area contributed by atoms with Crippen molar-refractivity contribution in [3.63, 3.8) is 0 Å². The number of unbranched alkanes of at least 4 members (excludes halogenated alkanes) is 1. The summed E-state index contributed by atoms with van der Waals surface area (Å²) in [6, 6.07) is -3.18. The number of hydrogen-bond donors (Lipinski definition) is 18. The van der Waals surface area contributed by atoms with Crippen molar-refractivity contribution in [2.75, 3.05) is 52.7 Å². The van der Waals surface area contributed by atoms with Gasteiger partial charge in [0.15, 0.2) is 31.5 Å². The van der Waals surface area contributed by atoms with Gasteiger partial charge in [-0.25, -0.2) is 0 Å². The first-order valence-electron chi connectivity index (χ1n) is 25.4. The van der Waals surface area contributed by atoms with E-state index in [0.29, 0.717) is 12.8 Å². The summed E-state index contributed by atoms with van der Waals surface area (Å²) < 4.78 is 58.6. The van der Waals surface area contributed by atoms with Crippen molar-refractivity contribution in [2.45, 2.75) is 206 Å². The number of carbonyl (C=O) groups excluding carboxylic acids is 4. The van der Waals surface area contributed by atoms with Crippen LogP contribution >= 0.6 is 0 Å². The van der Waals surface area contributed by atoms with Crippen molar-refractivity contribution in [2.24, 2.45) is 0 Å². The van der Waals surface area contributed by atoms with Crippen molar-refractivity contribution in [1.82, 2.24) is 21.3 Å². The van der Waals surface area contributed by atoms with Gasteiger partial charge in [0, 0.05) is 39.8 Å². The molecule has 0 radical (unpaired) electrons. The van der Waals surface area contributed by atoms with E-state index in [1.54, 1.807) is 0 Å². The lowest BCUT2D eigenvalue weighted by Gasteiger charge is -2.51. The summed E-state index contributed by atoms with van der Waals surface area (Å²) in [7, 11) is 0. The van der Waals surface area contributed by atoms with Crippen LogP contribution in [-0.4, -0.2) is 301 Å². The maximum Gasteiger partial charge on any atom is 0.220 e. The first-order chi connectivity index (χ1) is 36.6. The van der Waals surface area contributed by atoms with E-state index in [9.17, 15) is 85.6 Å². The minimum atomic E-state index is -2.15. The molecule has 0 aliphatic carbocycles. The summed E-state index contributed by atoms with van der Waals surface area (Å²) in [5.41, 5.74) is 0.